The fraction of sp³-hybridized carbons (Fsp3) is 0.611. The largest absolute Gasteiger partial charge is 0.489 e. The van der Waals surface area contributed by atoms with Crippen molar-refractivity contribution in [2.24, 2.45) is 4.99 Å². The lowest BCUT2D eigenvalue weighted by Gasteiger charge is -2.25. The molecule has 1 aliphatic heterocycles. The van der Waals surface area contributed by atoms with Gasteiger partial charge in [-0.25, -0.2) is 22.1 Å². The number of nitrogens with zero attached hydrogens (tertiary/aromatic N) is 2. The Morgan fingerprint density at radius 3 is 2.61 bits per heavy atom. The van der Waals surface area contributed by atoms with Crippen molar-refractivity contribution in [3.8, 4) is 5.75 Å². The number of benzene rings is 1. The van der Waals surface area contributed by atoms with Crippen molar-refractivity contribution in [3.63, 3.8) is 0 Å². The number of hydrogen-bond acceptors (Lipinski definition) is 5. The third kappa shape index (κ3) is 7.84. The number of thioether (sulfide) groups is 1. The Balaban J connectivity index is 1.81. The van der Waals surface area contributed by atoms with Gasteiger partial charge < -0.3 is 15.4 Å². The summed E-state index contributed by atoms with van der Waals surface area (Å²) in [7, 11) is -3.25. The minimum Gasteiger partial charge on any atom is -0.489 e. The van der Waals surface area contributed by atoms with Gasteiger partial charge in [0.05, 0.1) is 12.3 Å². The van der Waals surface area contributed by atoms with Gasteiger partial charge in [-0.1, -0.05) is 0 Å². The molecule has 10 heteroatoms. The summed E-state index contributed by atoms with van der Waals surface area (Å²) >= 11 is 1.78. The van der Waals surface area contributed by atoms with E-state index in [9.17, 15) is 12.8 Å². The van der Waals surface area contributed by atoms with Crippen LogP contribution < -0.4 is 15.4 Å². The van der Waals surface area contributed by atoms with Gasteiger partial charge in [-0.15, -0.1) is 0 Å². The van der Waals surface area contributed by atoms with Gasteiger partial charge in [0.2, 0.25) is 10.0 Å². The average Bonchev–Trinajstić information content (AvgIpc) is 2.68. The van der Waals surface area contributed by atoms with Crippen LogP contribution in [0, 0.1) is 5.82 Å². The molecule has 1 aromatic carbocycles. The Morgan fingerprint density at radius 1 is 1.29 bits per heavy atom. The normalized spacial score (nSPS) is 17.2. The Kier molecular flexibility index (Phi) is 9.33. The third-order valence-electron chi connectivity index (χ3n) is 4.02. The van der Waals surface area contributed by atoms with Crippen LogP contribution in [0.2, 0.25) is 0 Å². The summed E-state index contributed by atoms with van der Waals surface area (Å²) < 4.78 is 45.0. The van der Waals surface area contributed by atoms with E-state index >= 15 is 0 Å². The number of hydrogen-bond donors (Lipinski definition) is 2. The van der Waals surface area contributed by atoms with Crippen molar-refractivity contribution in [1.29, 1.82) is 0 Å². The second-order valence-corrected chi connectivity index (χ2v) is 9.67. The quantitative estimate of drug-likeness (QED) is 0.455. The predicted molar refractivity (Wildman–Crippen MR) is 113 cm³/mol. The summed E-state index contributed by atoms with van der Waals surface area (Å²) in [6, 6.07) is 5.84. The van der Waals surface area contributed by atoms with Crippen molar-refractivity contribution < 1.29 is 17.5 Å². The van der Waals surface area contributed by atoms with E-state index in [1.165, 1.54) is 12.1 Å². The minimum atomic E-state index is -3.25. The van der Waals surface area contributed by atoms with Gasteiger partial charge in [-0.05, 0) is 38.1 Å². The van der Waals surface area contributed by atoms with E-state index in [2.05, 4.69) is 15.6 Å². The van der Waals surface area contributed by atoms with Gasteiger partial charge in [-0.2, -0.15) is 11.8 Å². The van der Waals surface area contributed by atoms with Gasteiger partial charge in [-0.3, -0.25) is 0 Å². The van der Waals surface area contributed by atoms with E-state index in [1.807, 2.05) is 13.8 Å². The fourth-order valence-electron chi connectivity index (χ4n) is 2.60. The van der Waals surface area contributed by atoms with Gasteiger partial charge in [0.25, 0.3) is 0 Å². The number of halogens is 1. The molecule has 158 valence electrons. The fourth-order valence-corrected chi connectivity index (χ4v) is 5.09. The molecule has 0 aliphatic carbocycles. The summed E-state index contributed by atoms with van der Waals surface area (Å²) in [4.78, 5) is 4.44. The zero-order valence-corrected chi connectivity index (χ0v) is 18.0. The molecule has 0 radical (unpaired) electrons. The number of rotatable bonds is 9. The van der Waals surface area contributed by atoms with E-state index in [4.69, 9.17) is 4.74 Å². The molecule has 0 aromatic heterocycles. The van der Waals surface area contributed by atoms with E-state index < -0.39 is 10.0 Å². The number of sulfonamides is 1. The van der Waals surface area contributed by atoms with Gasteiger partial charge in [0.15, 0.2) is 5.96 Å². The van der Waals surface area contributed by atoms with E-state index in [0.29, 0.717) is 37.9 Å². The second kappa shape index (κ2) is 11.5. The minimum absolute atomic E-state index is 0.0315. The van der Waals surface area contributed by atoms with Crippen LogP contribution in [0.15, 0.2) is 29.3 Å². The van der Waals surface area contributed by atoms with Crippen LogP contribution in [-0.2, 0) is 10.0 Å². The highest BCUT2D eigenvalue weighted by molar-refractivity contribution is 7.99. The lowest BCUT2D eigenvalue weighted by atomic mass is 10.3. The average molecular weight is 433 g/mol. The van der Waals surface area contributed by atoms with Gasteiger partial charge in [0.1, 0.15) is 17.7 Å². The molecule has 0 spiro atoms. The molecule has 1 atom stereocenters. The number of nitrogens with one attached hydrogen (secondary N) is 2. The van der Waals surface area contributed by atoms with Crippen LogP contribution >= 0.6 is 11.8 Å². The van der Waals surface area contributed by atoms with Gasteiger partial charge in [0, 0.05) is 37.7 Å². The first-order valence-electron chi connectivity index (χ1n) is 9.40. The Bertz CT molecular complexity index is 723. The van der Waals surface area contributed by atoms with E-state index in [-0.39, 0.29) is 24.2 Å². The molecule has 1 saturated heterocycles. The lowest BCUT2D eigenvalue weighted by molar-refractivity contribution is 0.230. The molecule has 0 saturated carbocycles. The number of ether oxygens (including phenoxy) is 1. The molecule has 2 N–H and O–H groups in total. The van der Waals surface area contributed by atoms with Crippen molar-refractivity contribution >= 4 is 27.7 Å². The van der Waals surface area contributed by atoms with Crippen LogP contribution in [0.5, 0.6) is 5.75 Å². The second-order valence-electron chi connectivity index (χ2n) is 6.36. The third-order valence-corrected chi connectivity index (χ3v) is 6.83. The summed E-state index contributed by atoms with van der Waals surface area (Å²) in [5, 5.41) is 6.16. The Morgan fingerprint density at radius 2 is 1.96 bits per heavy atom. The highest BCUT2D eigenvalue weighted by Gasteiger charge is 2.23. The Hall–Kier alpha value is -1.52. The predicted octanol–water partition coefficient (Wildman–Crippen LogP) is 1.53. The molecular formula is C18H29FN4O3S2. The highest BCUT2D eigenvalue weighted by atomic mass is 32.2. The molecule has 1 unspecified atom stereocenters. The van der Waals surface area contributed by atoms with Crippen molar-refractivity contribution in [2.45, 2.75) is 20.0 Å². The lowest BCUT2D eigenvalue weighted by Crippen LogP contribution is -2.44. The van der Waals surface area contributed by atoms with Crippen LogP contribution in [-0.4, -0.2) is 74.8 Å². The molecule has 7 nitrogen and oxygen atoms in total. The van der Waals surface area contributed by atoms with Crippen LogP contribution in [0.1, 0.15) is 13.8 Å². The smallest absolute Gasteiger partial charge is 0.215 e. The molecule has 2 rings (SSSR count). The molecular weight excluding hydrogens is 403 g/mol. The van der Waals surface area contributed by atoms with Crippen LogP contribution in [0.25, 0.3) is 0 Å². The Labute approximate surface area is 171 Å². The molecule has 1 aliphatic rings. The van der Waals surface area contributed by atoms with Crippen LogP contribution in [0.4, 0.5) is 4.39 Å². The topological polar surface area (TPSA) is 83.0 Å². The molecule has 1 heterocycles. The van der Waals surface area contributed by atoms with Crippen molar-refractivity contribution in [2.75, 3.05) is 50.0 Å². The van der Waals surface area contributed by atoms with E-state index in [1.54, 1.807) is 28.2 Å². The van der Waals surface area contributed by atoms with Gasteiger partial charge >= 0.3 is 0 Å². The number of aliphatic imine (C=N–C) groups is 1. The first-order valence-corrected chi connectivity index (χ1v) is 12.2. The molecule has 1 fully saturated rings. The number of guanidine groups is 1. The zero-order chi connectivity index (χ0) is 20.4. The monoisotopic (exact) mass is 432 g/mol. The maximum Gasteiger partial charge on any atom is 0.215 e. The summed E-state index contributed by atoms with van der Waals surface area (Å²) in [6.45, 7) is 6.30. The first-order chi connectivity index (χ1) is 13.4. The maximum absolute atomic E-state index is 12.9. The van der Waals surface area contributed by atoms with E-state index in [0.717, 1.165) is 11.5 Å². The standard InChI is InChI=1S/C18H29FN4O3S2/c1-3-20-18(21-8-13-28(24,25)23-9-11-27-12-10-23)22-14-15(2)26-17-6-4-16(19)5-7-17/h4-7,15H,3,8-14H2,1-2H3,(H2,20,21,22). The summed E-state index contributed by atoms with van der Waals surface area (Å²) in [5.74, 6) is 2.54. The molecule has 28 heavy (non-hydrogen) atoms. The molecule has 1 aromatic rings. The first kappa shape index (κ1) is 22.8. The van der Waals surface area contributed by atoms with Crippen molar-refractivity contribution in [1.82, 2.24) is 14.9 Å². The highest BCUT2D eigenvalue weighted by Crippen LogP contribution is 2.14. The SMILES string of the molecule is CCNC(=NCC(C)Oc1ccc(F)cc1)NCCS(=O)(=O)N1CCSCC1. The van der Waals surface area contributed by atoms with Crippen LogP contribution in [0.3, 0.4) is 0 Å². The maximum atomic E-state index is 12.9. The zero-order valence-electron chi connectivity index (χ0n) is 16.4. The van der Waals surface area contributed by atoms with Crippen molar-refractivity contribution in [3.05, 3.63) is 30.1 Å². The summed E-state index contributed by atoms with van der Waals surface area (Å²) in [5.41, 5.74) is 0. The summed E-state index contributed by atoms with van der Waals surface area (Å²) in [6.07, 6.45) is -0.213. The molecule has 0 bridgehead atoms. The molecule has 0 amide bonds.